The lowest BCUT2D eigenvalue weighted by Crippen LogP contribution is -2.47. The van der Waals surface area contributed by atoms with Crippen LogP contribution in [0.5, 0.6) is 0 Å². The number of hydrogen-bond donors (Lipinski definition) is 2. The molecule has 24 heavy (non-hydrogen) atoms. The Morgan fingerprint density at radius 3 is 2.46 bits per heavy atom. The van der Waals surface area contributed by atoms with Gasteiger partial charge in [-0.2, -0.15) is 0 Å². The van der Waals surface area contributed by atoms with Gasteiger partial charge >= 0.3 is 0 Å². The number of methoxy groups -OCH3 is 1. The third kappa shape index (κ3) is 6.37. The molecule has 1 fully saturated rings. The molecule has 1 aromatic carbocycles. The van der Waals surface area contributed by atoms with Crippen LogP contribution in [-0.2, 0) is 4.74 Å². The third-order valence-corrected chi connectivity index (χ3v) is 4.26. The molecule has 0 amide bonds. The highest BCUT2D eigenvalue weighted by Crippen LogP contribution is 2.15. The molecule has 1 aromatic rings. The van der Waals surface area contributed by atoms with E-state index in [1.807, 2.05) is 0 Å². The second kappa shape index (κ2) is 10.9. The summed E-state index contributed by atoms with van der Waals surface area (Å²) in [6.45, 7) is 8.01. The van der Waals surface area contributed by atoms with Crippen LogP contribution in [0.15, 0.2) is 35.3 Å². The normalized spacial score (nSPS) is 16.2. The van der Waals surface area contributed by atoms with E-state index in [0.717, 1.165) is 58.2 Å². The van der Waals surface area contributed by atoms with E-state index in [9.17, 15) is 0 Å². The van der Waals surface area contributed by atoms with Gasteiger partial charge in [-0.15, -0.1) is 0 Å². The van der Waals surface area contributed by atoms with Crippen LogP contribution in [0.4, 0.5) is 5.69 Å². The molecule has 6 heteroatoms. The van der Waals surface area contributed by atoms with E-state index < -0.39 is 0 Å². The SMILES string of the molecule is CN=C(NCCCN1CCN(c2ccccc2)CC1)NCCOC. The minimum absolute atomic E-state index is 0.687. The van der Waals surface area contributed by atoms with Crippen LogP contribution < -0.4 is 15.5 Å². The molecular weight excluding hydrogens is 302 g/mol. The van der Waals surface area contributed by atoms with Crippen molar-refractivity contribution in [3.05, 3.63) is 30.3 Å². The van der Waals surface area contributed by atoms with Crippen molar-refractivity contribution in [2.75, 3.05) is 71.5 Å². The average Bonchev–Trinajstić information content (AvgIpc) is 2.65. The second-order valence-electron chi connectivity index (χ2n) is 5.94. The standard InChI is InChI=1S/C18H31N5O/c1-19-18(21-10-16-24-2)20-9-6-11-22-12-14-23(15-13-22)17-7-4-3-5-8-17/h3-5,7-8H,6,9-16H2,1-2H3,(H2,19,20,21). The molecule has 2 N–H and O–H groups in total. The number of benzene rings is 1. The number of nitrogens with zero attached hydrogens (tertiary/aromatic N) is 3. The summed E-state index contributed by atoms with van der Waals surface area (Å²) in [7, 11) is 3.50. The highest BCUT2D eigenvalue weighted by molar-refractivity contribution is 5.79. The van der Waals surface area contributed by atoms with E-state index in [1.54, 1.807) is 14.2 Å². The highest BCUT2D eigenvalue weighted by atomic mass is 16.5. The molecule has 0 spiro atoms. The first-order valence-corrected chi connectivity index (χ1v) is 8.79. The van der Waals surface area contributed by atoms with Crippen molar-refractivity contribution >= 4 is 11.6 Å². The summed E-state index contributed by atoms with van der Waals surface area (Å²) >= 11 is 0. The van der Waals surface area contributed by atoms with Crippen molar-refractivity contribution in [2.45, 2.75) is 6.42 Å². The summed E-state index contributed by atoms with van der Waals surface area (Å²) in [4.78, 5) is 9.22. The van der Waals surface area contributed by atoms with Crippen LogP contribution in [0.2, 0.25) is 0 Å². The third-order valence-electron chi connectivity index (χ3n) is 4.26. The zero-order chi connectivity index (χ0) is 17.0. The summed E-state index contributed by atoms with van der Waals surface area (Å²) in [5.74, 6) is 0.848. The van der Waals surface area contributed by atoms with Gasteiger partial charge in [0.2, 0.25) is 0 Å². The molecule has 1 aliphatic heterocycles. The van der Waals surface area contributed by atoms with E-state index in [0.29, 0.717) is 6.61 Å². The summed E-state index contributed by atoms with van der Waals surface area (Å²) in [6.07, 6.45) is 1.12. The van der Waals surface area contributed by atoms with Gasteiger partial charge in [0.15, 0.2) is 5.96 Å². The fraction of sp³-hybridized carbons (Fsp3) is 0.611. The monoisotopic (exact) mass is 333 g/mol. The number of ether oxygens (including phenoxy) is 1. The first kappa shape index (κ1) is 18.5. The Kier molecular flexibility index (Phi) is 8.41. The Hall–Kier alpha value is -1.79. The second-order valence-corrected chi connectivity index (χ2v) is 5.94. The molecule has 0 aromatic heterocycles. The number of anilines is 1. The first-order valence-electron chi connectivity index (χ1n) is 8.79. The summed E-state index contributed by atoms with van der Waals surface area (Å²) in [5.41, 5.74) is 1.34. The molecule has 134 valence electrons. The minimum Gasteiger partial charge on any atom is -0.383 e. The first-order chi connectivity index (χ1) is 11.8. The van der Waals surface area contributed by atoms with Crippen LogP contribution in [-0.4, -0.2) is 77.4 Å². The fourth-order valence-corrected chi connectivity index (χ4v) is 2.87. The maximum atomic E-state index is 5.03. The zero-order valence-electron chi connectivity index (χ0n) is 15.0. The van der Waals surface area contributed by atoms with Crippen molar-refractivity contribution in [2.24, 2.45) is 4.99 Å². The van der Waals surface area contributed by atoms with Crippen LogP contribution >= 0.6 is 0 Å². The van der Waals surface area contributed by atoms with Crippen LogP contribution in [0.1, 0.15) is 6.42 Å². The van der Waals surface area contributed by atoms with E-state index >= 15 is 0 Å². The molecule has 0 unspecified atom stereocenters. The lowest BCUT2D eigenvalue weighted by Gasteiger charge is -2.36. The van der Waals surface area contributed by atoms with Gasteiger partial charge in [0, 0.05) is 59.1 Å². The largest absolute Gasteiger partial charge is 0.383 e. The van der Waals surface area contributed by atoms with E-state index in [-0.39, 0.29) is 0 Å². The number of nitrogens with one attached hydrogen (secondary N) is 2. The van der Waals surface area contributed by atoms with Crippen molar-refractivity contribution < 1.29 is 4.74 Å². The molecule has 0 aliphatic carbocycles. The number of aliphatic imine (C=N–C) groups is 1. The predicted molar refractivity (Wildman–Crippen MR) is 101 cm³/mol. The van der Waals surface area contributed by atoms with Crippen LogP contribution in [0, 0.1) is 0 Å². The summed E-state index contributed by atoms with van der Waals surface area (Å²) in [5, 5.41) is 6.58. The fourth-order valence-electron chi connectivity index (χ4n) is 2.87. The molecule has 1 saturated heterocycles. The van der Waals surface area contributed by atoms with Gasteiger partial charge in [-0.25, -0.2) is 0 Å². The molecule has 0 saturated carbocycles. The molecule has 1 heterocycles. The Balaban J connectivity index is 1.58. The quantitative estimate of drug-likeness (QED) is 0.422. The lowest BCUT2D eigenvalue weighted by molar-refractivity contribution is 0.203. The Bertz CT molecular complexity index is 472. The molecule has 0 radical (unpaired) electrons. The van der Waals surface area contributed by atoms with Gasteiger partial charge in [-0.1, -0.05) is 18.2 Å². The molecule has 0 bridgehead atoms. The minimum atomic E-state index is 0.687. The maximum Gasteiger partial charge on any atom is 0.191 e. The Morgan fingerprint density at radius 1 is 1.08 bits per heavy atom. The topological polar surface area (TPSA) is 52.1 Å². The molecule has 1 aliphatic rings. The van der Waals surface area contributed by atoms with Gasteiger partial charge in [0.25, 0.3) is 0 Å². The predicted octanol–water partition coefficient (Wildman–Crippen LogP) is 1.01. The Labute approximate surface area is 145 Å². The number of hydrogen-bond acceptors (Lipinski definition) is 4. The van der Waals surface area contributed by atoms with Crippen LogP contribution in [0.25, 0.3) is 0 Å². The summed E-state index contributed by atoms with van der Waals surface area (Å²) in [6, 6.07) is 10.7. The number of piperazine rings is 1. The van der Waals surface area contributed by atoms with E-state index in [1.165, 1.54) is 5.69 Å². The van der Waals surface area contributed by atoms with Gasteiger partial charge in [0.1, 0.15) is 0 Å². The van der Waals surface area contributed by atoms with Gasteiger partial charge in [-0.05, 0) is 25.1 Å². The van der Waals surface area contributed by atoms with Crippen molar-refractivity contribution in [1.82, 2.24) is 15.5 Å². The number of guanidine groups is 1. The molecular formula is C18H31N5O. The van der Waals surface area contributed by atoms with Gasteiger partial charge < -0.3 is 20.3 Å². The molecule has 0 atom stereocenters. The van der Waals surface area contributed by atoms with Crippen molar-refractivity contribution in [1.29, 1.82) is 0 Å². The zero-order valence-corrected chi connectivity index (χ0v) is 15.0. The van der Waals surface area contributed by atoms with Crippen LogP contribution in [0.3, 0.4) is 0 Å². The smallest absolute Gasteiger partial charge is 0.191 e. The summed E-state index contributed by atoms with van der Waals surface area (Å²) < 4.78 is 5.03. The van der Waals surface area contributed by atoms with Gasteiger partial charge in [0.05, 0.1) is 6.61 Å². The van der Waals surface area contributed by atoms with E-state index in [2.05, 4.69) is 55.8 Å². The highest BCUT2D eigenvalue weighted by Gasteiger charge is 2.16. The van der Waals surface area contributed by atoms with Gasteiger partial charge in [-0.3, -0.25) is 9.89 Å². The van der Waals surface area contributed by atoms with Crippen molar-refractivity contribution in [3.63, 3.8) is 0 Å². The maximum absolute atomic E-state index is 5.03. The number of para-hydroxylation sites is 1. The number of rotatable bonds is 8. The van der Waals surface area contributed by atoms with E-state index in [4.69, 9.17) is 4.74 Å². The molecule has 6 nitrogen and oxygen atoms in total. The Morgan fingerprint density at radius 2 is 1.79 bits per heavy atom. The average molecular weight is 333 g/mol. The molecule has 2 rings (SSSR count). The van der Waals surface area contributed by atoms with Crippen molar-refractivity contribution in [3.8, 4) is 0 Å². The lowest BCUT2D eigenvalue weighted by atomic mass is 10.2.